The SMILES string of the molecule is CCNC(=NCCCSC)NCCCC(C)C. The van der Waals surface area contributed by atoms with Crippen molar-refractivity contribution in [2.75, 3.05) is 31.6 Å². The molecule has 0 radical (unpaired) electrons. The normalized spacial score (nSPS) is 11.9. The molecule has 0 aromatic rings. The van der Waals surface area contributed by atoms with Gasteiger partial charge in [0.05, 0.1) is 0 Å². The molecular weight excluding hydrogens is 230 g/mol. The summed E-state index contributed by atoms with van der Waals surface area (Å²) in [5, 5.41) is 6.66. The van der Waals surface area contributed by atoms with Gasteiger partial charge in [0.15, 0.2) is 5.96 Å². The van der Waals surface area contributed by atoms with Gasteiger partial charge in [0.1, 0.15) is 0 Å². The molecule has 0 heterocycles. The van der Waals surface area contributed by atoms with Gasteiger partial charge in [0, 0.05) is 19.6 Å². The van der Waals surface area contributed by atoms with Crippen LogP contribution in [0.3, 0.4) is 0 Å². The molecule has 0 aromatic carbocycles. The van der Waals surface area contributed by atoms with Crippen molar-refractivity contribution < 1.29 is 0 Å². The van der Waals surface area contributed by atoms with Gasteiger partial charge in [-0.15, -0.1) is 0 Å². The molecule has 0 aliphatic carbocycles. The molecule has 17 heavy (non-hydrogen) atoms. The zero-order valence-corrected chi connectivity index (χ0v) is 12.7. The second kappa shape index (κ2) is 12.1. The highest BCUT2D eigenvalue weighted by atomic mass is 32.2. The van der Waals surface area contributed by atoms with Gasteiger partial charge >= 0.3 is 0 Å². The standard InChI is InChI=1S/C13H29N3S/c1-5-14-13(16-10-7-11-17-4)15-9-6-8-12(2)3/h12H,5-11H2,1-4H3,(H2,14,15,16). The molecule has 0 atom stereocenters. The van der Waals surface area contributed by atoms with Crippen molar-refractivity contribution in [1.29, 1.82) is 0 Å². The van der Waals surface area contributed by atoms with Crippen LogP contribution >= 0.6 is 11.8 Å². The van der Waals surface area contributed by atoms with Crippen molar-refractivity contribution in [3.05, 3.63) is 0 Å². The summed E-state index contributed by atoms with van der Waals surface area (Å²) in [7, 11) is 0. The van der Waals surface area contributed by atoms with Gasteiger partial charge in [-0.3, -0.25) is 4.99 Å². The zero-order chi connectivity index (χ0) is 12.9. The third-order valence-electron chi connectivity index (χ3n) is 2.37. The quantitative estimate of drug-likeness (QED) is 0.380. The number of aliphatic imine (C=N–C) groups is 1. The maximum Gasteiger partial charge on any atom is 0.191 e. The lowest BCUT2D eigenvalue weighted by Crippen LogP contribution is -2.38. The van der Waals surface area contributed by atoms with Crippen LogP contribution in [-0.2, 0) is 0 Å². The number of nitrogens with zero attached hydrogens (tertiary/aromatic N) is 1. The van der Waals surface area contributed by atoms with Crippen LogP contribution in [0.25, 0.3) is 0 Å². The number of hydrogen-bond acceptors (Lipinski definition) is 2. The molecule has 0 saturated carbocycles. The van der Waals surface area contributed by atoms with Gasteiger partial charge in [-0.25, -0.2) is 0 Å². The summed E-state index contributed by atoms with van der Waals surface area (Å²) < 4.78 is 0. The van der Waals surface area contributed by atoms with Crippen LogP contribution in [-0.4, -0.2) is 37.6 Å². The van der Waals surface area contributed by atoms with Crippen LogP contribution in [0.15, 0.2) is 4.99 Å². The highest BCUT2D eigenvalue weighted by Gasteiger charge is 1.97. The third kappa shape index (κ3) is 11.9. The van der Waals surface area contributed by atoms with E-state index in [-0.39, 0.29) is 0 Å². The van der Waals surface area contributed by atoms with Crippen LogP contribution < -0.4 is 10.6 Å². The topological polar surface area (TPSA) is 36.4 Å². The molecule has 0 saturated heterocycles. The molecule has 2 N–H and O–H groups in total. The molecule has 0 bridgehead atoms. The average Bonchev–Trinajstić information content (AvgIpc) is 2.29. The predicted octanol–water partition coefficient (Wildman–Crippen LogP) is 2.73. The lowest BCUT2D eigenvalue weighted by molar-refractivity contribution is 0.549. The van der Waals surface area contributed by atoms with E-state index in [1.54, 1.807) is 0 Å². The first-order chi connectivity index (χ1) is 8.20. The molecule has 0 amide bonds. The predicted molar refractivity (Wildman–Crippen MR) is 81.1 cm³/mol. The number of rotatable bonds is 9. The fourth-order valence-electron chi connectivity index (χ4n) is 1.46. The number of thioether (sulfide) groups is 1. The number of guanidine groups is 1. The lowest BCUT2D eigenvalue weighted by Gasteiger charge is -2.11. The van der Waals surface area contributed by atoms with E-state index in [2.05, 4.69) is 42.7 Å². The second-order valence-corrected chi connectivity index (χ2v) is 5.56. The van der Waals surface area contributed by atoms with Crippen molar-refractivity contribution >= 4 is 17.7 Å². The molecule has 0 aromatic heterocycles. The van der Waals surface area contributed by atoms with Crippen LogP contribution in [0.4, 0.5) is 0 Å². The van der Waals surface area contributed by atoms with E-state index in [0.29, 0.717) is 0 Å². The Labute approximate surface area is 111 Å². The van der Waals surface area contributed by atoms with E-state index in [1.807, 2.05) is 11.8 Å². The zero-order valence-electron chi connectivity index (χ0n) is 11.9. The Morgan fingerprint density at radius 2 is 2.00 bits per heavy atom. The van der Waals surface area contributed by atoms with Gasteiger partial charge in [-0.1, -0.05) is 13.8 Å². The van der Waals surface area contributed by atoms with Crippen LogP contribution in [0.1, 0.15) is 40.0 Å². The molecule has 102 valence electrons. The lowest BCUT2D eigenvalue weighted by atomic mass is 10.1. The van der Waals surface area contributed by atoms with Gasteiger partial charge in [0.25, 0.3) is 0 Å². The van der Waals surface area contributed by atoms with E-state index in [0.717, 1.165) is 37.9 Å². The molecule has 0 fully saturated rings. The number of hydrogen-bond donors (Lipinski definition) is 2. The molecule has 3 nitrogen and oxygen atoms in total. The molecular formula is C13H29N3S. The Balaban J connectivity index is 3.72. The Kier molecular flexibility index (Phi) is 11.8. The highest BCUT2D eigenvalue weighted by molar-refractivity contribution is 7.98. The van der Waals surface area contributed by atoms with Crippen LogP contribution in [0.2, 0.25) is 0 Å². The molecule has 4 heteroatoms. The van der Waals surface area contributed by atoms with Gasteiger partial charge in [0.2, 0.25) is 0 Å². The summed E-state index contributed by atoms with van der Waals surface area (Å²) in [6.45, 7) is 9.50. The van der Waals surface area contributed by atoms with Crippen molar-refractivity contribution in [3.8, 4) is 0 Å². The maximum absolute atomic E-state index is 4.55. The van der Waals surface area contributed by atoms with E-state index in [1.165, 1.54) is 18.6 Å². The van der Waals surface area contributed by atoms with Crippen molar-refractivity contribution in [1.82, 2.24) is 10.6 Å². The average molecular weight is 259 g/mol. The van der Waals surface area contributed by atoms with E-state index < -0.39 is 0 Å². The van der Waals surface area contributed by atoms with Crippen molar-refractivity contribution in [2.45, 2.75) is 40.0 Å². The highest BCUT2D eigenvalue weighted by Crippen LogP contribution is 2.01. The summed E-state index contributed by atoms with van der Waals surface area (Å²) in [5.74, 6) is 2.95. The van der Waals surface area contributed by atoms with Gasteiger partial charge < -0.3 is 10.6 Å². The van der Waals surface area contributed by atoms with E-state index in [9.17, 15) is 0 Å². The minimum Gasteiger partial charge on any atom is -0.357 e. The molecule has 0 aliphatic heterocycles. The molecule has 0 unspecified atom stereocenters. The Bertz CT molecular complexity index is 193. The van der Waals surface area contributed by atoms with Gasteiger partial charge in [-0.2, -0.15) is 11.8 Å². The summed E-state index contributed by atoms with van der Waals surface area (Å²) in [6, 6.07) is 0. The Morgan fingerprint density at radius 3 is 2.59 bits per heavy atom. The van der Waals surface area contributed by atoms with Crippen LogP contribution in [0.5, 0.6) is 0 Å². The fraction of sp³-hybridized carbons (Fsp3) is 0.923. The van der Waals surface area contributed by atoms with Crippen molar-refractivity contribution in [2.24, 2.45) is 10.9 Å². The molecule has 0 rings (SSSR count). The first-order valence-corrected chi connectivity index (χ1v) is 8.11. The fourth-order valence-corrected chi connectivity index (χ4v) is 1.88. The summed E-state index contributed by atoms with van der Waals surface area (Å²) in [6.07, 6.45) is 5.79. The largest absolute Gasteiger partial charge is 0.357 e. The molecule has 0 spiro atoms. The van der Waals surface area contributed by atoms with E-state index in [4.69, 9.17) is 0 Å². The Hall–Kier alpha value is -0.380. The monoisotopic (exact) mass is 259 g/mol. The third-order valence-corrected chi connectivity index (χ3v) is 3.07. The number of nitrogens with one attached hydrogen (secondary N) is 2. The second-order valence-electron chi connectivity index (χ2n) is 4.57. The Morgan fingerprint density at radius 1 is 1.24 bits per heavy atom. The van der Waals surface area contributed by atoms with E-state index >= 15 is 0 Å². The van der Waals surface area contributed by atoms with Crippen LogP contribution in [0, 0.1) is 5.92 Å². The smallest absolute Gasteiger partial charge is 0.191 e. The first kappa shape index (κ1) is 16.6. The molecule has 0 aliphatic rings. The summed E-state index contributed by atoms with van der Waals surface area (Å²) >= 11 is 1.88. The first-order valence-electron chi connectivity index (χ1n) is 6.71. The van der Waals surface area contributed by atoms with Crippen molar-refractivity contribution in [3.63, 3.8) is 0 Å². The maximum atomic E-state index is 4.55. The summed E-state index contributed by atoms with van der Waals surface area (Å²) in [4.78, 5) is 4.55. The van der Waals surface area contributed by atoms with Gasteiger partial charge in [-0.05, 0) is 44.1 Å². The minimum absolute atomic E-state index is 0.790. The minimum atomic E-state index is 0.790. The summed E-state index contributed by atoms with van der Waals surface area (Å²) in [5.41, 5.74) is 0.